The van der Waals surface area contributed by atoms with Gasteiger partial charge in [0.15, 0.2) is 23.1 Å². The number of hydrogen-bond acceptors (Lipinski definition) is 7. The molecule has 0 amide bonds. The van der Waals surface area contributed by atoms with Crippen molar-refractivity contribution < 1.29 is 4.42 Å². The second-order valence-electron chi connectivity index (χ2n) is 10.8. The summed E-state index contributed by atoms with van der Waals surface area (Å²) in [6.45, 7) is 0. The average Bonchev–Trinajstić information content (AvgIpc) is 3.49. The summed E-state index contributed by atoms with van der Waals surface area (Å²) < 4.78 is 6.12. The van der Waals surface area contributed by atoms with Gasteiger partial charge in [0, 0.05) is 22.9 Å². The van der Waals surface area contributed by atoms with Crippen LogP contribution in [0.25, 0.3) is 89.4 Å². The number of hydrogen-bond donors (Lipinski definition) is 0. The van der Waals surface area contributed by atoms with Crippen LogP contribution >= 0.6 is 0 Å². The van der Waals surface area contributed by atoms with Gasteiger partial charge in [0.2, 0.25) is 5.71 Å². The fraction of sp³-hybridized carbons (Fsp3) is 0. The van der Waals surface area contributed by atoms with E-state index in [2.05, 4.69) is 58.5 Å². The fourth-order valence-corrected chi connectivity index (χ4v) is 5.79. The van der Waals surface area contributed by atoms with Crippen molar-refractivity contribution in [2.24, 2.45) is 0 Å². The Morgan fingerprint density at radius 2 is 1.09 bits per heavy atom. The van der Waals surface area contributed by atoms with E-state index in [-0.39, 0.29) is 0 Å². The summed E-state index contributed by atoms with van der Waals surface area (Å²) in [5.74, 6) is 1.83. The maximum absolute atomic E-state index is 6.12. The van der Waals surface area contributed by atoms with Crippen molar-refractivity contribution in [2.75, 3.05) is 0 Å². The number of fused-ring (bicyclic) bond motifs is 6. The third-order valence-electron chi connectivity index (χ3n) is 8.01. The molecular formula is C38H22N6O. The largest absolute Gasteiger partial charge is 0.436 e. The van der Waals surface area contributed by atoms with Crippen LogP contribution in [0.15, 0.2) is 138 Å². The Morgan fingerprint density at radius 3 is 1.84 bits per heavy atom. The van der Waals surface area contributed by atoms with Gasteiger partial charge in [-0.3, -0.25) is 0 Å². The second-order valence-corrected chi connectivity index (χ2v) is 10.8. The van der Waals surface area contributed by atoms with E-state index < -0.39 is 0 Å². The third kappa shape index (κ3) is 4.37. The van der Waals surface area contributed by atoms with E-state index in [4.69, 9.17) is 24.4 Å². The summed E-state index contributed by atoms with van der Waals surface area (Å²) in [6, 6.07) is 42.6. The first kappa shape index (κ1) is 25.2. The van der Waals surface area contributed by atoms with Crippen molar-refractivity contribution in [3.63, 3.8) is 0 Å². The number of benzene rings is 5. The Balaban J connectivity index is 1.19. The molecule has 210 valence electrons. The van der Waals surface area contributed by atoms with Crippen LogP contribution < -0.4 is 0 Å². The van der Waals surface area contributed by atoms with Crippen LogP contribution in [0.5, 0.6) is 0 Å². The predicted octanol–water partition coefficient (Wildman–Crippen LogP) is 8.93. The van der Waals surface area contributed by atoms with E-state index in [9.17, 15) is 0 Å². The topological polar surface area (TPSA) is 90.5 Å². The smallest absolute Gasteiger partial charge is 0.247 e. The molecule has 7 heteroatoms. The van der Waals surface area contributed by atoms with E-state index in [1.165, 1.54) is 0 Å². The van der Waals surface area contributed by atoms with Gasteiger partial charge in [-0.1, -0.05) is 103 Å². The zero-order valence-corrected chi connectivity index (χ0v) is 23.8. The van der Waals surface area contributed by atoms with Crippen LogP contribution in [0.2, 0.25) is 0 Å². The van der Waals surface area contributed by atoms with E-state index in [1.54, 1.807) is 6.20 Å². The Morgan fingerprint density at radius 1 is 0.467 bits per heavy atom. The SMILES string of the molecule is c1ccc(-c2ccc(-c3nc(-c4ccccc4)nc(-c4ccc5c(ccc6oc7nc8cccnc8nc7c65)c4)n3)cc2)cc1. The van der Waals surface area contributed by atoms with Crippen molar-refractivity contribution in [2.45, 2.75) is 0 Å². The lowest BCUT2D eigenvalue weighted by atomic mass is 10.0. The summed E-state index contributed by atoms with van der Waals surface area (Å²) in [5.41, 5.74) is 8.24. The molecule has 0 N–H and O–H groups in total. The first-order valence-corrected chi connectivity index (χ1v) is 14.6. The zero-order valence-electron chi connectivity index (χ0n) is 23.8. The predicted molar refractivity (Wildman–Crippen MR) is 177 cm³/mol. The lowest BCUT2D eigenvalue weighted by Gasteiger charge is -2.10. The first-order chi connectivity index (χ1) is 22.3. The molecule has 0 bridgehead atoms. The minimum atomic E-state index is 0.495. The van der Waals surface area contributed by atoms with E-state index in [0.29, 0.717) is 39.9 Å². The molecule has 7 nitrogen and oxygen atoms in total. The first-order valence-electron chi connectivity index (χ1n) is 14.6. The van der Waals surface area contributed by atoms with Gasteiger partial charge < -0.3 is 4.42 Å². The zero-order chi connectivity index (χ0) is 29.7. The molecule has 4 heterocycles. The molecular weight excluding hydrogens is 556 g/mol. The summed E-state index contributed by atoms with van der Waals surface area (Å²) in [4.78, 5) is 28.7. The highest BCUT2D eigenvalue weighted by molar-refractivity contribution is 6.17. The maximum atomic E-state index is 6.12. The summed E-state index contributed by atoms with van der Waals surface area (Å²) in [6.07, 6.45) is 1.72. The van der Waals surface area contributed by atoms with E-state index >= 15 is 0 Å². The van der Waals surface area contributed by atoms with Crippen LogP contribution in [0.3, 0.4) is 0 Å². The fourth-order valence-electron chi connectivity index (χ4n) is 5.79. The van der Waals surface area contributed by atoms with Gasteiger partial charge in [0.1, 0.15) is 16.6 Å². The van der Waals surface area contributed by atoms with Gasteiger partial charge in [0.05, 0.1) is 5.39 Å². The molecule has 0 saturated carbocycles. The number of aromatic nitrogens is 6. The molecule has 0 unspecified atom stereocenters. The minimum Gasteiger partial charge on any atom is -0.436 e. The molecule has 9 rings (SSSR count). The minimum absolute atomic E-state index is 0.495. The van der Waals surface area contributed by atoms with Crippen LogP contribution in [-0.4, -0.2) is 29.9 Å². The standard InChI is InChI=1S/C38H22N6O/c1-3-8-23(9-4-1)24-13-15-26(16-14-24)35-42-34(25-10-5-2-6-11-25)43-36(44-35)28-17-19-29-27(22-28)18-20-31-32(29)33-38(45-31)40-30-12-7-21-39-37(30)41-33/h1-22H. The molecule has 4 aromatic heterocycles. The van der Waals surface area contributed by atoms with Crippen molar-refractivity contribution in [1.29, 1.82) is 0 Å². The van der Waals surface area contributed by atoms with Crippen molar-refractivity contribution in [3.8, 4) is 45.3 Å². The number of pyridine rings is 1. The van der Waals surface area contributed by atoms with Gasteiger partial charge in [-0.05, 0) is 46.2 Å². The molecule has 45 heavy (non-hydrogen) atoms. The van der Waals surface area contributed by atoms with Crippen LogP contribution in [0.1, 0.15) is 0 Å². The van der Waals surface area contributed by atoms with Gasteiger partial charge in [-0.2, -0.15) is 0 Å². The Kier molecular flexibility index (Phi) is 5.67. The van der Waals surface area contributed by atoms with Gasteiger partial charge in [-0.25, -0.2) is 29.9 Å². The van der Waals surface area contributed by atoms with Crippen molar-refractivity contribution in [1.82, 2.24) is 29.9 Å². The third-order valence-corrected chi connectivity index (χ3v) is 8.01. The molecule has 0 spiro atoms. The summed E-state index contributed by atoms with van der Waals surface area (Å²) in [7, 11) is 0. The Bertz CT molecular complexity index is 2530. The number of furan rings is 1. The quantitative estimate of drug-likeness (QED) is 0.206. The lowest BCUT2D eigenvalue weighted by molar-refractivity contribution is 0.655. The molecule has 0 aliphatic carbocycles. The molecule has 0 saturated heterocycles. The monoisotopic (exact) mass is 578 g/mol. The molecule has 5 aromatic carbocycles. The highest BCUT2D eigenvalue weighted by atomic mass is 16.3. The van der Waals surface area contributed by atoms with E-state index in [0.717, 1.165) is 49.6 Å². The molecule has 0 aliphatic heterocycles. The normalized spacial score (nSPS) is 11.6. The molecule has 0 aliphatic rings. The van der Waals surface area contributed by atoms with Crippen LogP contribution in [0.4, 0.5) is 0 Å². The highest BCUT2D eigenvalue weighted by Gasteiger charge is 2.17. The molecule has 0 fully saturated rings. The summed E-state index contributed by atoms with van der Waals surface area (Å²) in [5, 5.41) is 2.93. The Labute approximate surface area is 256 Å². The van der Waals surface area contributed by atoms with Gasteiger partial charge >= 0.3 is 0 Å². The Hall–Kier alpha value is -6.34. The van der Waals surface area contributed by atoms with Crippen molar-refractivity contribution in [3.05, 3.63) is 134 Å². The van der Waals surface area contributed by atoms with Crippen molar-refractivity contribution >= 4 is 44.1 Å². The molecule has 0 atom stereocenters. The molecule has 9 aromatic rings. The van der Waals surface area contributed by atoms with Gasteiger partial charge in [-0.15, -0.1) is 0 Å². The van der Waals surface area contributed by atoms with Crippen LogP contribution in [-0.2, 0) is 0 Å². The molecule has 0 radical (unpaired) electrons. The van der Waals surface area contributed by atoms with E-state index in [1.807, 2.05) is 78.9 Å². The highest BCUT2D eigenvalue weighted by Crippen LogP contribution is 2.35. The summed E-state index contributed by atoms with van der Waals surface area (Å²) >= 11 is 0. The second kappa shape index (κ2) is 10.1. The average molecular weight is 579 g/mol. The lowest BCUT2D eigenvalue weighted by Crippen LogP contribution is -2.00. The van der Waals surface area contributed by atoms with Crippen LogP contribution in [0, 0.1) is 0 Å². The number of rotatable bonds is 4. The van der Waals surface area contributed by atoms with Gasteiger partial charge in [0.25, 0.3) is 0 Å². The maximum Gasteiger partial charge on any atom is 0.247 e. The number of nitrogens with zero attached hydrogens (tertiary/aromatic N) is 6.